The van der Waals surface area contributed by atoms with E-state index in [0.717, 1.165) is 11.1 Å². The monoisotopic (exact) mass is 276 g/mol. The second-order valence-electron chi connectivity index (χ2n) is 4.45. The van der Waals surface area contributed by atoms with Crippen LogP contribution in [0.3, 0.4) is 0 Å². The Hall–Kier alpha value is -2.50. The van der Waals surface area contributed by atoms with E-state index >= 15 is 0 Å². The molecule has 1 aromatic carbocycles. The fourth-order valence-corrected chi connectivity index (χ4v) is 2.01. The number of anilines is 1. The molecule has 20 heavy (non-hydrogen) atoms. The lowest BCUT2D eigenvalue weighted by Gasteiger charge is -2.17. The maximum absolute atomic E-state index is 11.2. The third-order valence-electron chi connectivity index (χ3n) is 2.99. The van der Waals surface area contributed by atoms with Crippen molar-refractivity contribution in [3.05, 3.63) is 23.9 Å². The predicted octanol–water partition coefficient (Wildman–Crippen LogP) is 2.02. The first kappa shape index (κ1) is 13.9. The van der Waals surface area contributed by atoms with Crippen LogP contribution in [0.5, 0.6) is 11.5 Å². The maximum Gasteiger partial charge on any atom is 0.354 e. The van der Waals surface area contributed by atoms with E-state index in [9.17, 15) is 4.79 Å². The average Bonchev–Trinajstić information content (AvgIpc) is 2.43. The molecule has 0 aliphatic carbocycles. The second kappa shape index (κ2) is 5.24. The topological polar surface area (TPSA) is 71.9 Å². The molecule has 0 atom stereocenters. The predicted molar refractivity (Wildman–Crippen MR) is 76.1 cm³/mol. The van der Waals surface area contributed by atoms with Crippen LogP contribution >= 0.6 is 0 Å². The highest BCUT2D eigenvalue weighted by atomic mass is 16.5. The first-order valence-corrected chi connectivity index (χ1v) is 5.95. The van der Waals surface area contributed by atoms with Gasteiger partial charge in [0.1, 0.15) is 0 Å². The fraction of sp³-hybridized carbons (Fsp3) is 0.286. The molecular weight excluding hydrogens is 260 g/mol. The molecule has 6 nitrogen and oxygen atoms in total. The van der Waals surface area contributed by atoms with Gasteiger partial charge in [-0.05, 0) is 12.1 Å². The lowest BCUT2D eigenvalue weighted by molar-refractivity contribution is 0.0691. The zero-order chi connectivity index (χ0) is 14.9. The number of hydrogen-bond acceptors (Lipinski definition) is 5. The van der Waals surface area contributed by atoms with Crippen molar-refractivity contribution in [3.8, 4) is 11.5 Å². The Kier molecular flexibility index (Phi) is 3.65. The molecule has 106 valence electrons. The summed E-state index contributed by atoms with van der Waals surface area (Å²) in [6, 6.07) is 5.01. The van der Waals surface area contributed by atoms with Gasteiger partial charge in [-0.1, -0.05) is 0 Å². The van der Waals surface area contributed by atoms with Gasteiger partial charge in [-0.25, -0.2) is 9.78 Å². The highest BCUT2D eigenvalue weighted by molar-refractivity contribution is 5.98. The van der Waals surface area contributed by atoms with E-state index in [0.29, 0.717) is 17.0 Å². The number of hydrogen-bond donors (Lipinski definition) is 1. The molecule has 0 saturated heterocycles. The van der Waals surface area contributed by atoms with Crippen molar-refractivity contribution < 1.29 is 19.4 Å². The van der Waals surface area contributed by atoms with E-state index in [1.807, 2.05) is 19.0 Å². The number of aromatic carboxylic acids is 1. The quantitative estimate of drug-likeness (QED) is 0.921. The summed E-state index contributed by atoms with van der Waals surface area (Å²) in [7, 11) is 6.77. The number of benzene rings is 1. The van der Waals surface area contributed by atoms with Gasteiger partial charge in [0.25, 0.3) is 0 Å². The smallest absolute Gasteiger partial charge is 0.354 e. The number of ether oxygens (including phenoxy) is 2. The van der Waals surface area contributed by atoms with Crippen molar-refractivity contribution in [2.75, 3.05) is 33.2 Å². The average molecular weight is 276 g/mol. The van der Waals surface area contributed by atoms with Crippen LogP contribution in [0, 0.1) is 0 Å². The Bertz CT molecular complexity index is 668. The maximum atomic E-state index is 11.2. The van der Waals surface area contributed by atoms with E-state index in [4.69, 9.17) is 14.6 Å². The van der Waals surface area contributed by atoms with Gasteiger partial charge < -0.3 is 19.5 Å². The largest absolute Gasteiger partial charge is 0.493 e. The van der Waals surface area contributed by atoms with Crippen molar-refractivity contribution in [2.24, 2.45) is 0 Å². The summed E-state index contributed by atoms with van der Waals surface area (Å²) in [6.07, 6.45) is 0. The molecule has 0 amide bonds. The first-order chi connectivity index (χ1) is 9.47. The minimum absolute atomic E-state index is 0.00609. The first-order valence-electron chi connectivity index (χ1n) is 5.95. The highest BCUT2D eigenvalue weighted by Crippen LogP contribution is 2.35. The second-order valence-corrected chi connectivity index (χ2v) is 4.45. The summed E-state index contributed by atoms with van der Waals surface area (Å²) in [6.45, 7) is 0. The fourth-order valence-electron chi connectivity index (χ4n) is 2.01. The molecule has 0 unspecified atom stereocenters. The van der Waals surface area contributed by atoms with Gasteiger partial charge in [0.2, 0.25) is 0 Å². The van der Waals surface area contributed by atoms with Crippen LogP contribution in [0.4, 0.5) is 5.69 Å². The molecule has 6 heteroatoms. The summed E-state index contributed by atoms with van der Waals surface area (Å²) in [5, 5.41) is 9.94. The van der Waals surface area contributed by atoms with Crippen LogP contribution in [-0.2, 0) is 0 Å². The Labute approximate surface area is 116 Å². The number of carbonyl (C=O) groups is 1. The zero-order valence-corrected chi connectivity index (χ0v) is 11.8. The number of carboxylic acids is 1. The van der Waals surface area contributed by atoms with E-state index in [1.54, 1.807) is 19.2 Å². The Morgan fingerprint density at radius 2 is 1.75 bits per heavy atom. The number of fused-ring (bicyclic) bond motifs is 1. The lowest BCUT2D eigenvalue weighted by atomic mass is 10.1. The van der Waals surface area contributed by atoms with Crippen LogP contribution in [0.1, 0.15) is 10.5 Å². The standard InChI is InChI=1S/C14H16N2O4/c1-16(2)11-6-10(14(17)18)15-9-7-13(20-4)12(19-3)5-8(9)11/h5-7H,1-4H3,(H,17,18). The van der Waals surface area contributed by atoms with Crippen LogP contribution in [0.2, 0.25) is 0 Å². The van der Waals surface area contributed by atoms with Crippen LogP contribution in [-0.4, -0.2) is 44.4 Å². The molecule has 2 aromatic rings. The van der Waals surface area contributed by atoms with Crippen molar-refractivity contribution in [3.63, 3.8) is 0 Å². The molecule has 0 aliphatic heterocycles. The molecule has 0 radical (unpaired) electrons. The molecule has 0 fully saturated rings. The van der Waals surface area contributed by atoms with Gasteiger partial charge in [-0.15, -0.1) is 0 Å². The molecule has 0 saturated carbocycles. The summed E-state index contributed by atoms with van der Waals surface area (Å²) >= 11 is 0. The van der Waals surface area contributed by atoms with Crippen molar-refractivity contribution in [1.29, 1.82) is 0 Å². The molecule has 0 aliphatic rings. The van der Waals surface area contributed by atoms with Crippen molar-refractivity contribution >= 4 is 22.6 Å². The van der Waals surface area contributed by atoms with Gasteiger partial charge in [0.05, 0.1) is 19.7 Å². The third kappa shape index (κ3) is 2.32. The minimum atomic E-state index is -1.07. The number of rotatable bonds is 4. The van der Waals surface area contributed by atoms with Crippen molar-refractivity contribution in [1.82, 2.24) is 4.98 Å². The molecule has 1 N–H and O–H groups in total. The summed E-state index contributed by atoms with van der Waals surface area (Å²) in [5.41, 5.74) is 1.30. The number of aromatic nitrogens is 1. The molecular formula is C14H16N2O4. The molecule has 2 rings (SSSR count). The summed E-state index contributed by atoms with van der Waals surface area (Å²) < 4.78 is 10.5. The minimum Gasteiger partial charge on any atom is -0.493 e. The normalized spacial score (nSPS) is 10.4. The number of methoxy groups -OCH3 is 2. The Morgan fingerprint density at radius 3 is 2.25 bits per heavy atom. The van der Waals surface area contributed by atoms with E-state index in [1.165, 1.54) is 13.2 Å². The molecule has 1 heterocycles. The van der Waals surface area contributed by atoms with Gasteiger partial charge in [-0.3, -0.25) is 0 Å². The van der Waals surface area contributed by atoms with Crippen molar-refractivity contribution in [2.45, 2.75) is 0 Å². The van der Waals surface area contributed by atoms with Gasteiger partial charge in [0.15, 0.2) is 17.2 Å². The van der Waals surface area contributed by atoms with Crippen LogP contribution < -0.4 is 14.4 Å². The number of carboxylic acid groups (broad SMARTS) is 1. The molecule has 0 spiro atoms. The molecule has 1 aromatic heterocycles. The van der Waals surface area contributed by atoms with Gasteiger partial charge in [-0.2, -0.15) is 0 Å². The van der Waals surface area contributed by atoms with E-state index in [2.05, 4.69) is 4.98 Å². The summed E-state index contributed by atoms with van der Waals surface area (Å²) in [4.78, 5) is 17.1. The Morgan fingerprint density at radius 1 is 1.15 bits per heavy atom. The zero-order valence-electron chi connectivity index (χ0n) is 11.8. The van der Waals surface area contributed by atoms with Gasteiger partial charge in [0, 0.05) is 31.2 Å². The number of nitrogens with zero attached hydrogens (tertiary/aromatic N) is 2. The molecule has 0 bridgehead atoms. The third-order valence-corrected chi connectivity index (χ3v) is 2.99. The lowest BCUT2D eigenvalue weighted by Crippen LogP contribution is -2.12. The van der Waals surface area contributed by atoms with E-state index in [-0.39, 0.29) is 5.69 Å². The Balaban J connectivity index is 2.82. The van der Waals surface area contributed by atoms with E-state index < -0.39 is 5.97 Å². The SMILES string of the molecule is COc1cc2nc(C(=O)O)cc(N(C)C)c2cc1OC. The van der Waals surface area contributed by atoms with Crippen LogP contribution in [0.15, 0.2) is 18.2 Å². The van der Waals surface area contributed by atoms with Gasteiger partial charge >= 0.3 is 5.97 Å². The summed E-state index contributed by atoms with van der Waals surface area (Å²) in [5.74, 6) is 0.0255. The highest BCUT2D eigenvalue weighted by Gasteiger charge is 2.15. The van der Waals surface area contributed by atoms with Crippen LogP contribution in [0.25, 0.3) is 10.9 Å². The number of pyridine rings is 1.